The van der Waals surface area contributed by atoms with E-state index in [0.29, 0.717) is 25.5 Å². The van der Waals surface area contributed by atoms with Gasteiger partial charge in [0.15, 0.2) is 4.32 Å². The van der Waals surface area contributed by atoms with Crippen LogP contribution < -0.4 is 4.90 Å². The summed E-state index contributed by atoms with van der Waals surface area (Å²) in [7, 11) is 0. The Morgan fingerprint density at radius 3 is 2.58 bits per heavy atom. The minimum Gasteiger partial charge on any atom is -0.268 e. The molecule has 1 aliphatic rings. The van der Waals surface area contributed by atoms with E-state index in [9.17, 15) is 14.9 Å². The number of carbonyl (C=O) groups excluding carboxylic acids is 1. The van der Waals surface area contributed by atoms with Gasteiger partial charge in [0.1, 0.15) is 5.02 Å². The first-order valence-corrected chi connectivity index (χ1v) is 9.24. The van der Waals surface area contributed by atoms with Crippen LogP contribution in [0.1, 0.15) is 11.1 Å². The number of carbonyl (C=O) groups is 1. The van der Waals surface area contributed by atoms with Gasteiger partial charge in [0.05, 0.1) is 15.5 Å². The van der Waals surface area contributed by atoms with E-state index in [1.807, 2.05) is 13.0 Å². The number of nitro benzene ring substituents is 1. The smallest absolute Gasteiger partial charge is 0.268 e. The Morgan fingerprint density at radius 1 is 1.19 bits per heavy atom. The van der Waals surface area contributed by atoms with Crippen LogP contribution in [0.5, 0.6) is 0 Å². The maximum Gasteiger partial charge on any atom is 0.288 e. The first-order chi connectivity index (χ1) is 12.3. The van der Waals surface area contributed by atoms with Crippen molar-refractivity contribution in [2.45, 2.75) is 6.92 Å². The molecule has 0 radical (unpaired) electrons. The van der Waals surface area contributed by atoms with Crippen molar-refractivity contribution in [3.63, 3.8) is 0 Å². The number of aryl methyl sites for hydroxylation is 1. The third kappa shape index (κ3) is 3.61. The predicted molar refractivity (Wildman–Crippen MR) is 110 cm³/mol. The molecule has 0 N–H and O–H groups in total. The molecule has 1 heterocycles. The molecule has 0 saturated carbocycles. The van der Waals surface area contributed by atoms with Gasteiger partial charge in [0.25, 0.3) is 11.6 Å². The Hall–Kier alpha value is -1.93. The fraction of sp³-hybridized carbons (Fsp3) is 0.0588. The van der Waals surface area contributed by atoms with Crippen molar-refractivity contribution in [3.8, 4) is 0 Å². The van der Waals surface area contributed by atoms with Crippen LogP contribution >= 0.6 is 47.2 Å². The lowest BCUT2D eigenvalue weighted by atomic mass is 10.1. The molecule has 5 nitrogen and oxygen atoms in total. The molecule has 1 saturated heterocycles. The summed E-state index contributed by atoms with van der Waals surface area (Å²) >= 11 is 18.4. The fourth-order valence-corrected chi connectivity index (χ4v) is 3.98. The van der Waals surface area contributed by atoms with Gasteiger partial charge in [-0.1, -0.05) is 59.3 Å². The second-order valence-corrected chi connectivity index (χ2v) is 7.91. The molecule has 1 fully saturated rings. The molecule has 0 bridgehead atoms. The van der Waals surface area contributed by atoms with E-state index >= 15 is 0 Å². The summed E-state index contributed by atoms with van der Waals surface area (Å²) in [5, 5.41) is 11.6. The monoisotopic (exact) mass is 424 g/mol. The maximum atomic E-state index is 12.7. The Kier molecular flexibility index (Phi) is 5.34. The molecule has 2 aromatic rings. The summed E-state index contributed by atoms with van der Waals surface area (Å²) in [4.78, 5) is 24.9. The molecule has 0 aliphatic carbocycles. The van der Waals surface area contributed by atoms with Crippen molar-refractivity contribution in [3.05, 3.63) is 72.6 Å². The average Bonchev–Trinajstić information content (AvgIpc) is 2.85. The highest BCUT2D eigenvalue weighted by molar-refractivity contribution is 8.27. The van der Waals surface area contributed by atoms with Gasteiger partial charge in [-0.15, -0.1) is 0 Å². The molecular formula is C17H10Cl2N2O3S2. The first-order valence-electron chi connectivity index (χ1n) is 7.26. The van der Waals surface area contributed by atoms with Crippen LogP contribution in [0.4, 0.5) is 11.4 Å². The van der Waals surface area contributed by atoms with Crippen molar-refractivity contribution in [2.75, 3.05) is 4.90 Å². The van der Waals surface area contributed by atoms with E-state index in [0.717, 1.165) is 17.3 Å². The molecule has 132 valence electrons. The van der Waals surface area contributed by atoms with Gasteiger partial charge >= 0.3 is 0 Å². The Balaban J connectivity index is 1.96. The predicted octanol–water partition coefficient (Wildman–Crippen LogP) is 5.62. The third-order valence-corrected chi connectivity index (χ3v) is 5.70. The molecule has 0 spiro atoms. The molecule has 9 heteroatoms. The molecule has 1 aliphatic heterocycles. The number of nitrogens with zero attached hydrogens (tertiary/aromatic N) is 2. The molecule has 0 unspecified atom stereocenters. The van der Waals surface area contributed by atoms with Gasteiger partial charge < -0.3 is 0 Å². The summed E-state index contributed by atoms with van der Waals surface area (Å²) in [5.41, 5.74) is 1.74. The zero-order valence-corrected chi connectivity index (χ0v) is 16.4. The minimum atomic E-state index is -0.570. The van der Waals surface area contributed by atoms with E-state index in [1.165, 1.54) is 17.0 Å². The number of thiocarbonyl (C=S) groups is 1. The van der Waals surface area contributed by atoms with Crippen LogP contribution in [0, 0.1) is 17.0 Å². The third-order valence-electron chi connectivity index (χ3n) is 3.67. The standard InChI is InChI=1S/C17H10Cl2N2O3S2/c1-9-2-4-11(8-13(9)19)20-16(22)15(26-17(20)25)7-10-3-5-12(18)14(6-10)21(23)24/h2-8H,1H3/b15-7-. The number of hydrogen-bond acceptors (Lipinski definition) is 5. The lowest BCUT2D eigenvalue weighted by molar-refractivity contribution is -0.384. The van der Waals surface area contributed by atoms with E-state index in [4.69, 9.17) is 35.4 Å². The number of rotatable bonds is 3. The number of nitro groups is 1. The fourth-order valence-electron chi connectivity index (χ4n) is 2.32. The summed E-state index contributed by atoms with van der Waals surface area (Å²) < 4.78 is 0.365. The molecule has 2 aromatic carbocycles. The first kappa shape index (κ1) is 18.8. The number of halogens is 2. The van der Waals surface area contributed by atoms with E-state index in [-0.39, 0.29) is 16.6 Å². The number of benzene rings is 2. The molecule has 0 aromatic heterocycles. The minimum absolute atomic E-state index is 0.0361. The van der Waals surface area contributed by atoms with Crippen molar-refractivity contribution < 1.29 is 9.72 Å². The second kappa shape index (κ2) is 7.36. The van der Waals surface area contributed by atoms with Gasteiger partial charge in [0, 0.05) is 11.1 Å². The lowest BCUT2D eigenvalue weighted by Gasteiger charge is -2.15. The Bertz CT molecular complexity index is 992. The topological polar surface area (TPSA) is 63.5 Å². The van der Waals surface area contributed by atoms with Crippen molar-refractivity contribution in [1.29, 1.82) is 0 Å². The van der Waals surface area contributed by atoms with Gasteiger partial charge in [-0.2, -0.15) is 0 Å². The highest BCUT2D eigenvalue weighted by Crippen LogP contribution is 2.37. The Labute approximate surface area is 168 Å². The molecular weight excluding hydrogens is 415 g/mol. The van der Waals surface area contributed by atoms with Crippen LogP contribution in [-0.4, -0.2) is 15.2 Å². The highest BCUT2D eigenvalue weighted by Gasteiger charge is 2.33. The van der Waals surface area contributed by atoms with E-state index in [2.05, 4.69) is 0 Å². The zero-order valence-electron chi connectivity index (χ0n) is 13.2. The maximum absolute atomic E-state index is 12.7. The van der Waals surface area contributed by atoms with Crippen LogP contribution in [0.15, 0.2) is 41.3 Å². The quantitative estimate of drug-likeness (QED) is 0.277. The SMILES string of the molecule is Cc1ccc(N2C(=O)/C(=C/c3ccc(Cl)c([N+](=O)[O-])c3)SC2=S)cc1Cl. The number of thioether (sulfide) groups is 1. The van der Waals surface area contributed by atoms with E-state index in [1.54, 1.807) is 24.3 Å². The zero-order chi connectivity index (χ0) is 19.0. The van der Waals surface area contributed by atoms with Crippen molar-refractivity contribution in [1.82, 2.24) is 0 Å². The van der Waals surface area contributed by atoms with Crippen LogP contribution in [-0.2, 0) is 4.79 Å². The second-order valence-electron chi connectivity index (χ2n) is 5.42. The van der Waals surface area contributed by atoms with Crippen molar-refractivity contribution in [2.24, 2.45) is 0 Å². The molecule has 1 amide bonds. The highest BCUT2D eigenvalue weighted by atomic mass is 35.5. The normalized spacial score (nSPS) is 15.8. The van der Waals surface area contributed by atoms with Gasteiger partial charge in [0.2, 0.25) is 0 Å². The summed E-state index contributed by atoms with van der Waals surface area (Å²) in [6, 6.07) is 9.59. The van der Waals surface area contributed by atoms with Crippen LogP contribution in [0.3, 0.4) is 0 Å². The summed E-state index contributed by atoms with van der Waals surface area (Å²) in [6.07, 6.45) is 1.55. The molecule has 3 rings (SSSR count). The lowest BCUT2D eigenvalue weighted by Crippen LogP contribution is -2.27. The van der Waals surface area contributed by atoms with E-state index < -0.39 is 4.92 Å². The number of hydrogen-bond donors (Lipinski definition) is 0. The van der Waals surface area contributed by atoms with Gasteiger partial charge in [-0.05, 0) is 42.3 Å². The largest absolute Gasteiger partial charge is 0.288 e. The number of anilines is 1. The van der Waals surface area contributed by atoms with Crippen LogP contribution in [0.25, 0.3) is 6.08 Å². The summed E-state index contributed by atoms with van der Waals surface area (Å²) in [5.74, 6) is -0.308. The van der Waals surface area contributed by atoms with Crippen LogP contribution in [0.2, 0.25) is 10.0 Å². The average molecular weight is 425 g/mol. The van der Waals surface area contributed by atoms with Gasteiger partial charge in [-0.25, -0.2) is 0 Å². The van der Waals surface area contributed by atoms with Crippen molar-refractivity contribution >= 4 is 74.9 Å². The molecule has 26 heavy (non-hydrogen) atoms. The Morgan fingerprint density at radius 2 is 1.92 bits per heavy atom. The molecule has 0 atom stereocenters. The van der Waals surface area contributed by atoms with Gasteiger partial charge in [-0.3, -0.25) is 19.8 Å². The summed E-state index contributed by atoms with van der Waals surface area (Å²) in [6.45, 7) is 1.86. The number of amides is 1.